The number of aromatic hydroxyl groups is 1. The van der Waals surface area contributed by atoms with Gasteiger partial charge in [0.05, 0.1) is 7.11 Å². The number of carbonyl (C=O) groups is 2. The third-order valence-corrected chi connectivity index (χ3v) is 6.01. The molecule has 2 atom stereocenters. The lowest BCUT2D eigenvalue weighted by Gasteiger charge is -2.30. The number of phenols is 1. The molecule has 2 aromatic rings. The van der Waals surface area contributed by atoms with Gasteiger partial charge >= 0.3 is 0 Å². The van der Waals surface area contributed by atoms with Gasteiger partial charge in [-0.1, -0.05) is 30.7 Å². The van der Waals surface area contributed by atoms with Gasteiger partial charge in [-0.05, 0) is 61.1 Å². The van der Waals surface area contributed by atoms with Gasteiger partial charge < -0.3 is 15.2 Å². The summed E-state index contributed by atoms with van der Waals surface area (Å²) in [6.45, 7) is 0. The van der Waals surface area contributed by atoms with Crippen molar-refractivity contribution in [2.75, 3.05) is 7.11 Å². The highest BCUT2D eigenvalue weighted by Gasteiger charge is 2.24. The average molecular weight is 424 g/mol. The number of ether oxygens (including phenoxy) is 1. The van der Waals surface area contributed by atoms with Crippen molar-refractivity contribution >= 4 is 11.6 Å². The summed E-state index contributed by atoms with van der Waals surface area (Å²) in [6.07, 6.45) is 6.58. The maximum Gasteiger partial charge on any atom is 0.134 e. The predicted octanol–water partition coefficient (Wildman–Crippen LogP) is 4.40. The summed E-state index contributed by atoms with van der Waals surface area (Å²) in [6, 6.07) is 15.2. The highest BCUT2D eigenvalue weighted by molar-refractivity contribution is 5.80. The zero-order chi connectivity index (χ0) is 22.1. The first-order valence-electron chi connectivity index (χ1n) is 11.2. The molecule has 1 fully saturated rings. The van der Waals surface area contributed by atoms with E-state index in [4.69, 9.17) is 4.74 Å². The molecule has 0 saturated carbocycles. The zero-order valence-electron chi connectivity index (χ0n) is 18.3. The number of nitrogens with one attached hydrogen (secondary N) is 1. The molecule has 0 spiro atoms. The standard InChI is InChI=1S/C26H33NO4/c1-31-26-15-9-20(10-16-26)8-14-25(30)18-22-4-2-3-21(27-22)17-24(29)13-7-19-5-11-23(28)12-6-19/h5-6,9-12,15-16,21-22,27-28H,2-4,7-8,13-14,17-18H2,1H3/t21-,22+/m1/s1. The van der Waals surface area contributed by atoms with Crippen LogP contribution in [0, 0.1) is 0 Å². The lowest BCUT2D eigenvalue weighted by Crippen LogP contribution is -2.44. The van der Waals surface area contributed by atoms with Crippen LogP contribution in [0.1, 0.15) is 56.1 Å². The van der Waals surface area contributed by atoms with Crippen LogP contribution in [0.3, 0.4) is 0 Å². The van der Waals surface area contributed by atoms with Crippen molar-refractivity contribution < 1.29 is 19.4 Å². The SMILES string of the molecule is COc1ccc(CCC(=O)C[C@@H]2CCC[C@H](CC(=O)CCc3ccc(O)cc3)N2)cc1. The van der Waals surface area contributed by atoms with Crippen LogP contribution >= 0.6 is 0 Å². The predicted molar refractivity (Wildman–Crippen MR) is 122 cm³/mol. The number of piperidine rings is 1. The molecule has 2 N–H and O–H groups in total. The van der Waals surface area contributed by atoms with Crippen LogP contribution in [0.15, 0.2) is 48.5 Å². The van der Waals surface area contributed by atoms with Gasteiger partial charge in [0.15, 0.2) is 0 Å². The molecule has 2 aromatic carbocycles. The summed E-state index contributed by atoms with van der Waals surface area (Å²) in [5, 5.41) is 12.9. The van der Waals surface area contributed by atoms with Crippen molar-refractivity contribution in [3.63, 3.8) is 0 Å². The Bertz CT molecular complexity index is 845. The van der Waals surface area contributed by atoms with E-state index in [0.717, 1.165) is 42.6 Å². The highest BCUT2D eigenvalue weighted by Crippen LogP contribution is 2.20. The monoisotopic (exact) mass is 423 g/mol. The number of hydrogen-bond acceptors (Lipinski definition) is 5. The van der Waals surface area contributed by atoms with Gasteiger partial charge in [0.1, 0.15) is 23.1 Å². The van der Waals surface area contributed by atoms with Crippen molar-refractivity contribution in [2.24, 2.45) is 0 Å². The molecule has 0 amide bonds. The lowest BCUT2D eigenvalue weighted by molar-refractivity contribution is -0.119. The Balaban J connectivity index is 1.37. The summed E-state index contributed by atoms with van der Waals surface area (Å²) in [7, 11) is 1.65. The van der Waals surface area contributed by atoms with E-state index in [-0.39, 0.29) is 29.4 Å². The Kier molecular flexibility index (Phi) is 8.65. The molecule has 0 aromatic heterocycles. The number of carbonyl (C=O) groups excluding carboxylic acids is 2. The molecule has 166 valence electrons. The molecule has 1 aliphatic heterocycles. The number of Topliss-reactive ketones (excluding diaryl/α,β-unsaturated/α-hetero) is 2. The molecule has 1 heterocycles. The van der Waals surface area contributed by atoms with E-state index in [9.17, 15) is 14.7 Å². The third-order valence-electron chi connectivity index (χ3n) is 6.01. The fourth-order valence-electron chi connectivity index (χ4n) is 4.21. The second-order valence-electron chi connectivity index (χ2n) is 8.49. The fraction of sp³-hybridized carbons (Fsp3) is 0.462. The molecule has 0 radical (unpaired) electrons. The second kappa shape index (κ2) is 11.7. The van der Waals surface area contributed by atoms with E-state index >= 15 is 0 Å². The summed E-state index contributed by atoms with van der Waals surface area (Å²) >= 11 is 0. The van der Waals surface area contributed by atoms with Crippen LogP contribution in [-0.2, 0) is 22.4 Å². The van der Waals surface area contributed by atoms with Gasteiger partial charge in [0.25, 0.3) is 0 Å². The van der Waals surface area contributed by atoms with Gasteiger partial charge in [0.2, 0.25) is 0 Å². The molecule has 0 bridgehead atoms. The number of hydrogen-bond donors (Lipinski definition) is 2. The normalized spacial score (nSPS) is 18.5. The topological polar surface area (TPSA) is 75.6 Å². The number of methoxy groups -OCH3 is 1. The van der Waals surface area contributed by atoms with Crippen LogP contribution < -0.4 is 10.1 Å². The number of phenolic OH excluding ortho intramolecular Hbond substituents is 1. The Labute approximate surface area is 184 Å². The second-order valence-corrected chi connectivity index (χ2v) is 8.49. The summed E-state index contributed by atoms with van der Waals surface area (Å²) < 4.78 is 5.17. The summed E-state index contributed by atoms with van der Waals surface area (Å²) in [4.78, 5) is 24.9. The molecule has 3 rings (SSSR count). The van der Waals surface area contributed by atoms with Crippen molar-refractivity contribution in [2.45, 2.75) is 69.9 Å². The van der Waals surface area contributed by atoms with Gasteiger partial charge in [0, 0.05) is 37.8 Å². The van der Waals surface area contributed by atoms with Crippen LogP contribution in [0.25, 0.3) is 0 Å². The van der Waals surface area contributed by atoms with Crippen molar-refractivity contribution in [3.05, 3.63) is 59.7 Å². The maximum absolute atomic E-state index is 12.5. The molecule has 1 saturated heterocycles. The van der Waals surface area contributed by atoms with Crippen LogP contribution in [0.5, 0.6) is 11.5 Å². The van der Waals surface area contributed by atoms with Gasteiger partial charge in [-0.15, -0.1) is 0 Å². The third kappa shape index (κ3) is 7.83. The number of rotatable bonds is 11. The molecule has 1 aliphatic rings. The Morgan fingerprint density at radius 2 is 1.35 bits per heavy atom. The van der Waals surface area contributed by atoms with Gasteiger partial charge in [-0.2, -0.15) is 0 Å². The smallest absolute Gasteiger partial charge is 0.134 e. The van der Waals surface area contributed by atoms with Gasteiger partial charge in [-0.3, -0.25) is 9.59 Å². The van der Waals surface area contributed by atoms with E-state index < -0.39 is 0 Å². The van der Waals surface area contributed by atoms with E-state index in [2.05, 4.69) is 5.32 Å². The molecule has 5 nitrogen and oxygen atoms in total. The lowest BCUT2D eigenvalue weighted by atomic mass is 9.91. The van der Waals surface area contributed by atoms with Crippen LogP contribution in [0.2, 0.25) is 0 Å². The summed E-state index contributed by atoms with van der Waals surface area (Å²) in [5.41, 5.74) is 2.20. The van der Waals surface area contributed by atoms with E-state index in [1.54, 1.807) is 19.2 Å². The Morgan fingerprint density at radius 3 is 1.84 bits per heavy atom. The zero-order valence-corrected chi connectivity index (χ0v) is 18.3. The van der Waals surface area contributed by atoms with Crippen molar-refractivity contribution in [1.82, 2.24) is 5.32 Å². The Morgan fingerprint density at radius 1 is 0.871 bits per heavy atom. The van der Waals surface area contributed by atoms with Crippen molar-refractivity contribution in [3.8, 4) is 11.5 Å². The van der Waals surface area contributed by atoms with Crippen LogP contribution in [-0.4, -0.2) is 35.9 Å². The van der Waals surface area contributed by atoms with Crippen molar-refractivity contribution in [1.29, 1.82) is 0 Å². The summed E-state index contributed by atoms with van der Waals surface area (Å²) in [5.74, 6) is 1.58. The number of benzene rings is 2. The molecule has 5 heteroatoms. The largest absolute Gasteiger partial charge is 0.508 e. The first-order chi connectivity index (χ1) is 15.0. The number of ketones is 2. The van der Waals surface area contributed by atoms with E-state index in [1.165, 1.54) is 0 Å². The minimum atomic E-state index is 0.167. The van der Waals surface area contributed by atoms with E-state index in [0.29, 0.717) is 32.1 Å². The molecule has 0 unspecified atom stereocenters. The fourth-order valence-corrected chi connectivity index (χ4v) is 4.21. The van der Waals surface area contributed by atoms with E-state index in [1.807, 2.05) is 36.4 Å². The Hall–Kier alpha value is -2.66. The first kappa shape index (κ1) is 23.0. The quantitative estimate of drug-likeness (QED) is 0.560. The molecule has 31 heavy (non-hydrogen) atoms. The minimum Gasteiger partial charge on any atom is -0.508 e. The van der Waals surface area contributed by atoms with Gasteiger partial charge in [-0.25, -0.2) is 0 Å². The molecular formula is C26H33NO4. The maximum atomic E-state index is 12.5. The number of aryl methyl sites for hydroxylation is 2. The first-order valence-corrected chi connectivity index (χ1v) is 11.2. The molecular weight excluding hydrogens is 390 g/mol. The van der Waals surface area contributed by atoms with Crippen LogP contribution in [0.4, 0.5) is 0 Å². The average Bonchev–Trinajstić information content (AvgIpc) is 2.78. The highest BCUT2D eigenvalue weighted by atomic mass is 16.5. The minimum absolute atomic E-state index is 0.167. The molecule has 0 aliphatic carbocycles.